The van der Waals surface area contributed by atoms with E-state index in [4.69, 9.17) is 0 Å². The monoisotopic (exact) mass is 255 g/mol. The summed E-state index contributed by atoms with van der Waals surface area (Å²) in [7, 11) is 0. The minimum absolute atomic E-state index is 0.0419. The van der Waals surface area contributed by atoms with E-state index in [1.54, 1.807) is 21.5 Å². The number of imidazole rings is 1. The average molecular weight is 255 g/mol. The van der Waals surface area contributed by atoms with E-state index in [0.717, 1.165) is 19.5 Å². The van der Waals surface area contributed by atoms with Crippen LogP contribution in [0.4, 0.5) is 0 Å². The van der Waals surface area contributed by atoms with Gasteiger partial charge in [0.1, 0.15) is 0 Å². The smallest absolute Gasteiger partial charge is 0.328 e. The molecule has 18 heavy (non-hydrogen) atoms. The normalized spacial score (nSPS) is 13.2. The van der Waals surface area contributed by atoms with Crippen LogP contribution in [0.2, 0.25) is 0 Å². The lowest BCUT2D eigenvalue weighted by Crippen LogP contribution is -2.35. The maximum Gasteiger partial charge on any atom is 0.328 e. The molecule has 0 spiro atoms. The van der Waals surface area contributed by atoms with Crippen molar-refractivity contribution in [2.45, 2.75) is 46.4 Å². The first-order valence-corrected chi connectivity index (χ1v) is 6.69. The predicted molar refractivity (Wildman–Crippen MR) is 72.7 cm³/mol. The van der Waals surface area contributed by atoms with Crippen LogP contribution in [0, 0.1) is 5.92 Å². The van der Waals surface area contributed by atoms with Gasteiger partial charge in [-0.25, -0.2) is 4.79 Å². The van der Waals surface area contributed by atoms with Crippen LogP contribution in [-0.2, 0) is 13.1 Å². The second-order valence-electron chi connectivity index (χ2n) is 5.13. The molecule has 0 fully saturated rings. The van der Waals surface area contributed by atoms with E-state index in [-0.39, 0.29) is 5.69 Å². The largest absolute Gasteiger partial charge is 0.390 e. The molecule has 0 saturated carbocycles. The Hall–Kier alpha value is -1.07. The Labute approximate surface area is 108 Å². The second-order valence-corrected chi connectivity index (χ2v) is 5.13. The molecule has 0 aromatic carbocycles. The fourth-order valence-corrected chi connectivity index (χ4v) is 1.83. The van der Waals surface area contributed by atoms with Crippen molar-refractivity contribution in [3.63, 3.8) is 0 Å². The van der Waals surface area contributed by atoms with Crippen LogP contribution < -0.4 is 11.0 Å². The Balaban J connectivity index is 2.44. The SMILES string of the molecule is CCCn1ccn(CC(O)CNCC(C)C)c1=O. The number of rotatable bonds is 8. The number of aliphatic hydroxyl groups excluding tert-OH is 1. The van der Waals surface area contributed by atoms with Gasteiger partial charge in [-0.1, -0.05) is 20.8 Å². The highest BCUT2D eigenvalue weighted by atomic mass is 16.3. The van der Waals surface area contributed by atoms with Crippen molar-refractivity contribution in [3.05, 3.63) is 22.9 Å². The summed E-state index contributed by atoms with van der Waals surface area (Å²) in [5.41, 5.74) is -0.0419. The van der Waals surface area contributed by atoms with Gasteiger partial charge in [-0.15, -0.1) is 0 Å². The zero-order valence-corrected chi connectivity index (χ0v) is 11.6. The van der Waals surface area contributed by atoms with E-state index < -0.39 is 6.10 Å². The molecule has 0 saturated heterocycles. The molecule has 1 rings (SSSR count). The number of nitrogens with one attached hydrogen (secondary N) is 1. The standard InChI is InChI=1S/C13H25N3O2/c1-4-5-15-6-7-16(13(15)18)10-12(17)9-14-8-11(2)3/h6-7,11-12,14,17H,4-5,8-10H2,1-3H3. The lowest BCUT2D eigenvalue weighted by Gasteiger charge is -2.13. The van der Waals surface area contributed by atoms with Gasteiger partial charge in [0.15, 0.2) is 0 Å². The molecule has 104 valence electrons. The molecule has 0 aliphatic rings. The summed E-state index contributed by atoms with van der Waals surface area (Å²) < 4.78 is 3.24. The highest BCUT2D eigenvalue weighted by Gasteiger charge is 2.08. The minimum atomic E-state index is -0.529. The van der Waals surface area contributed by atoms with Crippen molar-refractivity contribution in [1.29, 1.82) is 0 Å². The van der Waals surface area contributed by atoms with Gasteiger partial charge in [-0.05, 0) is 18.9 Å². The van der Waals surface area contributed by atoms with Gasteiger partial charge in [0.2, 0.25) is 0 Å². The van der Waals surface area contributed by atoms with Crippen LogP contribution in [-0.4, -0.2) is 33.4 Å². The van der Waals surface area contributed by atoms with E-state index in [2.05, 4.69) is 19.2 Å². The van der Waals surface area contributed by atoms with Crippen LogP contribution in [0.1, 0.15) is 27.2 Å². The molecule has 1 heterocycles. The maximum atomic E-state index is 11.9. The molecule has 0 radical (unpaired) electrons. The fourth-order valence-electron chi connectivity index (χ4n) is 1.83. The van der Waals surface area contributed by atoms with E-state index in [9.17, 15) is 9.90 Å². The number of aromatic nitrogens is 2. The summed E-state index contributed by atoms with van der Waals surface area (Å²) in [5, 5.41) is 13.0. The summed E-state index contributed by atoms with van der Waals surface area (Å²) in [5.74, 6) is 0.561. The van der Waals surface area contributed by atoms with Crippen molar-refractivity contribution in [2.75, 3.05) is 13.1 Å². The number of hydrogen-bond acceptors (Lipinski definition) is 3. The summed E-state index contributed by atoms with van der Waals surface area (Å²) >= 11 is 0. The van der Waals surface area contributed by atoms with Crippen LogP contribution in [0.25, 0.3) is 0 Å². The third-order valence-corrected chi connectivity index (χ3v) is 2.72. The molecule has 1 atom stereocenters. The van der Waals surface area contributed by atoms with Crippen LogP contribution in [0.3, 0.4) is 0 Å². The fraction of sp³-hybridized carbons (Fsp3) is 0.769. The summed E-state index contributed by atoms with van der Waals surface area (Å²) in [6, 6.07) is 0. The van der Waals surface area contributed by atoms with Gasteiger partial charge >= 0.3 is 5.69 Å². The molecule has 1 aromatic heterocycles. The predicted octanol–water partition coefficient (Wildman–Crippen LogP) is 0.666. The molecule has 0 aliphatic heterocycles. The summed E-state index contributed by atoms with van der Waals surface area (Å²) in [4.78, 5) is 11.9. The van der Waals surface area contributed by atoms with Gasteiger partial charge in [0.25, 0.3) is 0 Å². The van der Waals surface area contributed by atoms with E-state index in [0.29, 0.717) is 19.0 Å². The molecular weight excluding hydrogens is 230 g/mol. The average Bonchev–Trinajstić information content (AvgIpc) is 2.62. The van der Waals surface area contributed by atoms with E-state index in [1.165, 1.54) is 0 Å². The molecule has 1 aromatic rings. The Bertz CT molecular complexity index is 395. The molecule has 1 unspecified atom stereocenters. The van der Waals surface area contributed by atoms with Crippen LogP contribution in [0.5, 0.6) is 0 Å². The van der Waals surface area contributed by atoms with Crippen molar-refractivity contribution in [3.8, 4) is 0 Å². The number of aliphatic hydroxyl groups is 1. The Morgan fingerprint density at radius 3 is 2.56 bits per heavy atom. The van der Waals surface area contributed by atoms with E-state index in [1.807, 2.05) is 6.92 Å². The molecular formula is C13H25N3O2. The lowest BCUT2D eigenvalue weighted by atomic mass is 10.2. The Kier molecular flexibility index (Phi) is 6.15. The third kappa shape index (κ3) is 4.66. The van der Waals surface area contributed by atoms with Crippen LogP contribution >= 0.6 is 0 Å². The molecule has 5 heteroatoms. The zero-order valence-electron chi connectivity index (χ0n) is 11.6. The minimum Gasteiger partial charge on any atom is -0.390 e. The number of hydrogen-bond donors (Lipinski definition) is 2. The molecule has 2 N–H and O–H groups in total. The van der Waals surface area contributed by atoms with Crippen molar-refractivity contribution < 1.29 is 5.11 Å². The molecule has 5 nitrogen and oxygen atoms in total. The quantitative estimate of drug-likeness (QED) is 0.717. The first kappa shape index (κ1) is 15.0. The van der Waals surface area contributed by atoms with Crippen molar-refractivity contribution in [2.24, 2.45) is 5.92 Å². The highest BCUT2D eigenvalue weighted by molar-refractivity contribution is 4.82. The topological polar surface area (TPSA) is 59.2 Å². The number of nitrogens with zero attached hydrogens (tertiary/aromatic N) is 2. The first-order chi connectivity index (χ1) is 8.54. The van der Waals surface area contributed by atoms with Gasteiger partial charge in [-0.2, -0.15) is 0 Å². The Morgan fingerprint density at radius 2 is 1.94 bits per heavy atom. The second kappa shape index (κ2) is 7.38. The van der Waals surface area contributed by atoms with E-state index >= 15 is 0 Å². The van der Waals surface area contributed by atoms with Crippen molar-refractivity contribution in [1.82, 2.24) is 14.5 Å². The van der Waals surface area contributed by atoms with Gasteiger partial charge in [-0.3, -0.25) is 9.13 Å². The lowest BCUT2D eigenvalue weighted by molar-refractivity contribution is 0.149. The van der Waals surface area contributed by atoms with Gasteiger partial charge < -0.3 is 10.4 Å². The zero-order chi connectivity index (χ0) is 13.5. The first-order valence-electron chi connectivity index (χ1n) is 6.69. The molecule has 0 bridgehead atoms. The summed E-state index contributed by atoms with van der Waals surface area (Å²) in [6.07, 6.45) is 3.92. The van der Waals surface area contributed by atoms with Crippen molar-refractivity contribution >= 4 is 0 Å². The third-order valence-electron chi connectivity index (χ3n) is 2.72. The highest BCUT2D eigenvalue weighted by Crippen LogP contribution is 1.93. The Morgan fingerprint density at radius 1 is 1.28 bits per heavy atom. The molecule has 0 aliphatic carbocycles. The van der Waals surface area contributed by atoms with Crippen LogP contribution in [0.15, 0.2) is 17.2 Å². The summed E-state index contributed by atoms with van der Waals surface area (Å²) in [6.45, 7) is 8.75. The van der Waals surface area contributed by atoms with Gasteiger partial charge in [0, 0.05) is 25.5 Å². The maximum absolute atomic E-state index is 11.9. The van der Waals surface area contributed by atoms with Gasteiger partial charge in [0.05, 0.1) is 12.6 Å². The molecule has 0 amide bonds. The number of aryl methyl sites for hydroxylation is 1.